The van der Waals surface area contributed by atoms with Gasteiger partial charge in [-0.05, 0) is 0 Å². The molecule has 0 aliphatic carbocycles. The van der Waals surface area contributed by atoms with Crippen LogP contribution in [0.15, 0.2) is 0 Å². The second-order valence-corrected chi connectivity index (χ2v) is 35.4. The van der Waals surface area contributed by atoms with Gasteiger partial charge in [0.05, 0.1) is 0 Å². The number of fused-ring (bicyclic) bond motifs is 2. The van der Waals surface area contributed by atoms with Crippen LogP contribution in [0.5, 0.6) is 11.5 Å². The van der Waals surface area contributed by atoms with Gasteiger partial charge in [0.25, 0.3) is 0 Å². The molecule has 1 aliphatic heterocycles. The van der Waals surface area contributed by atoms with E-state index in [9.17, 15) is 0 Å². The number of hydrogen-bond donors (Lipinski definition) is 0. The van der Waals surface area contributed by atoms with Crippen LogP contribution in [0.1, 0.15) is 11.1 Å². The van der Waals surface area contributed by atoms with Gasteiger partial charge in [-0.25, -0.2) is 0 Å². The molecular formula is C14H13NORa7. The van der Waals surface area contributed by atoms with Crippen molar-refractivity contribution in [2.75, 3.05) is 0.431 Å². The zero-order chi connectivity index (χ0) is 17.2. The predicted molar refractivity (Wildman–Crippen MR) is 72.1 cm³/mol. The van der Waals surface area contributed by atoms with Crippen molar-refractivity contribution < 1.29 is 305 Å². The molecule has 0 saturated heterocycles. The van der Waals surface area contributed by atoms with E-state index in [0.29, 0.717) is 300 Å². The van der Waals surface area contributed by atoms with Crippen molar-refractivity contribution in [1.29, 1.82) is 0 Å². The van der Waals surface area contributed by atoms with Gasteiger partial charge in [-0.2, -0.15) is 0 Å². The summed E-state index contributed by atoms with van der Waals surface area (Å²) in [5.74, 6) is 2.71. The second-order valence-electron chi connectivity index (χ2n) is 7.02. The first-order chi connectivity index (χ1) is 10.7. The Hall–Kier alpha value is 8.31. The zero-order valence-electron chi connectivity index (χ0n) is 15.9. The molecule has 0 fully saturated rings. The van der Waals surface area contributed by atoms with E-state index < -0.39 is 0 Å². The summed E-state index contributed by atoms with van der Waals surface area (Å²) in [6.07, 6.45) is 0. The van der Waals surface area contributed by atoms with Crippen molar-refractivity contribution >= 4 is 15.0 Å². The summed E-state index contributed by atoms with van der Waals surface area (Å²) in [6.45, 7) is 4.80. The van der Waals surface area contributed by atoms with Gasteiger partial charge < -0.3 is 0 Å². The zero-order valence-corrected chi connectivity index (χ0v) is 73.4. The van der Waals surface area contributed by atoms with Crippen molar-refractivity contribution in [2.24, 2.45) is 0 Å². The van der Waals surface area contributed by atoms with Gasteiger partial charge in [0, 0.05) is 0 Å². The van der Waals surface area contributed by atoms with E-state index in [0.717, 1.165) is 0 Å². The number of benzene rings is 2. The van der Waals surface area contributed by atoms with Crippen molar-refractivity contribution in [3.05, 3.63) is 11.1 Å². The van der Waals surface area contributed by atoms with E-state index in [2.05, 4.69) is 14.3 Å². The number of anilines is 2. The van der Waals surface area contributed by atoms with Gasteiger partial charge in [0.1, 0.15) is 0 Å². The predicted octanol–water partition coefficient (Wildman–Crippen LogP) is -2.81. The maximum absolute atomic E-state index is 6.78. The van der Waals surface area contributed by atoms with E-state index in [1.165, 1.54) is 11.5 Å². The Balaban J connectivity index is 2.40. The molecule has 2 aromatic carbocycles. The summed E-state index contributed by atoms with van der Waals surface area (Å²) in [6, 6.07) is 0. The fourth-order valence-corrected chi connectivity index (χ4v) is 49.9. The molecule has 0 radical (unpaired) electrons. The molecule has 2 nitrogen and oxygen atoms in total. The quantitative estimate of drug-likeness (QED) is 0.283. The van der Waals surface area contributed by atoms with Gasteiger partial charge in [0.2, 0.25) is 0 Å². The molecule has 0 unspecified atom stereocenters. The monoisotopic (exact) mass is 1790 g/mol. The Kier molecular flexibility index (Phi) is 12.6. The first-order valence-electron chi connectivity index (χ1n) is 8.30. The van der Waals surface area contributed by atoms with Gasteiger partial charge in [-0.15, -0.1) is 0 Å². The molecule has 0 N–H and O–H groups in total. The summed E-state index contributed by atoms with van der Waals surface area (Å²) in [4.78, 5) is 0. The van der Waals surface area contributed by atoms with Gasteiger partial charge in [0.15, 0.2) is 0 Å². The molecule has 0 amide bonds. The van der Waals surface area contributed by atoms with E-state index in [-0.39, 0.29) is 0 Å². The Bertz CT molecular complexity index is 796. The summed E-state index contributed by atoms with van der Waals surface area (Å²) in [5.41, 5.74) is 6.44. The normalized spacial score (nSPS) is 12.2. The number of hydrogen-bond acceptors (Lipinski definition) is 2. The Morgan fingerprint density at radius 2 is 1.13 bits per heavy atom. The molecule has 94 valence electrons. The van der Waals surface area contributed by atoms with Crippen LogP contribution >= 0.6 is 0 Å². The van der Waals surface area contributed by atoms with Crippen LogP contribution in [0, 0.1) is 314 Å². The van der Waals surface area contributed by atoms with Crippen LogP contribution in [0.2, 0.25) is 0 Å². The van der Waals surface area contributed by atoms with Crippen molar-refractivity contribution in [3.8, 4) is 11.5 Å². The molecule has 0 atom stereocenters. The Morgan fingerprint density at radius 3 is 1.74 bits per heavy atom. The topological polar surface area (TPSA) is 12.5 Å². The molecule has 3 rings (SSSR count). The van der Waals surface area contributed by atoms with Crippen LogP contribution in [0.4, 0.5) is 11.4 Å². The minimum atomic E-state index is 0.297. The molecule has 0 saturated carbocycles. The summed E-state index contributed by atoms with van der Waals surface area (Å²) >= 11 is 2.87. The van der Waals surface area contributed by atoms with Gasteiger partial charge >= 0.3 is 357 Å². The minimum absolute atomic E-state index is 0.297. The van der Waals surface area contributed by atoms with Crippen LogP contribution in [0.25, 0.3) is 0 Å². The van der Waals surface area contributed by atoms with Crippen LogP contribution < -0.4 is 8.79 Å². The van der Waals surface area contributed by atoms with E-state index in [1.54, 1.807) is 24.3 Å². The first-order valence-corrected chi connectivity index (χ1v) is 36.6. The van der Waals surface area contributed by atoms with E-state index in [1.807, 2.05) is 1.81 Å². The molecule has 0 aromatic heterocycles. The Morgan fingerprint density at radius 1 is 0.609 bits per heavy atom. The third kappa shape index (κ3) is 5.21. The molecule has 1 aliphatic rings. The number of rotatable bonds is 0. The molecular weight excluding hydrogens is 1780 g/mol. The molecule has 0 spiro atoms. The number of nitrogens with zero attached hydrogens (tertiary/aromatic N) is 1. The fraction of sp³-hybridized carbons (Fsp3) is 0.143. The van der Waals surface area contributed by atoms with Crippen LogP contribution in [-0.2, 0) is 0 Å². The first kappa shape index (κ1) is 25.9. The summed E-state index contributed by atoms with van der Waals surface area (Å²) in [7, 11) is 0. The average Bonchev–Trinajstić information content (AvgIpc) is 2.53. The summed E-state index contributed by atoms with van der Waals surface area (Å²) < 4.78 is 20.2. The van der Waals surface area contributed by atoms with Gasteiger partial charge in [-0.3, -0.25) is 0 Å². The van der Waals surface area contributed by atoms with Gasteiger partial charge in [-0.1, -0.05) is 0 Å². The molecule has 1 heterocycles. The van der Waals surface area contributed by atoms with Crippen molar-refractivity contribution in [2.45, 2.75) is 13.8 Å². The third-order valence-electron chi connectivity index (χ3n) is 6.07. The van der Waals surface area contributed by atoms with E-state index in [4.69, 9.17) is 4.74 Å². The average molecular weight is 1790 g/mol. The Labute approximate surface area is 343 Å². The SMILES string of the molecule is Cc1[c]([RaH])[c]([RaH])c2c([c]1[RaH])Oc1[c]([RaH])[c]([RaH])[c]([RaH])c(C)c1[N]2[RaH]. The standard InChI is InChI=1S/C14H6NO.7Ra.7H/c1-9-6-7-11-13(8-9)16-12-5-3-4-10(2)14(12)15-11;;;;;;;;;;;;;;/h1-2H3;;;;;;;;;;;;;;/q-1;;;;;;;+1;;;;;;;. The number of ether oxygens (including phenoxy) is 1. The van der Waals surface area contributed by atoms with Crippen molar-refractivity contribution in [3.63, 3.8) is 0 Å². The molecule has 0 bridgehead atoms. The molecule has 23 heavy (non-hydrogen) atoms. The molecule has 2 aromatic rings. The van der Waals surface area contributed by atoms with E-state index >= 15 is 0 Å². The second kappa shape index (κ2) is 11.2. The van der Waals surface area contributed by atoms with Crippen molar-refractivity contribution in [1.82, 2.24) is 0 Å². The van der Waals surface area contributed by atoms with Crippen LogP contribution in [-0.4, -0.2) is 0 Å². The molecule has 9 heteroatoms. The van der Waals surface area contributed by atoms with Crippen LogP contribution in [0.3, 0.4) is 0 Å². The third-order valence-corrected chi connectivity index (χ3v) is 93.8. The summed E-state index contributed by atoms with van der Waals surface area (Å²) in [5, 5.41) is 0. The fourth-order valence-electron chi connectivity index (χ4n) is 3.79. The maximum atomic E-state index is 6.78.